The number of carbonyl (C=O) groups is 1. The van der Waals surface area contributed by atoms with Crippen molar-refractivity contribution in [2.75, 3.05) is 0 Å². The van der Waals surface area contributed by atoms with Crippen molar-refractivity contribution in [2.24, 2.45) is 0 Å². The average Bonchev–Trinajstić information content (AvgIpc) is 2.47. The zero-order chi connectivity index (χ0) is 16.3. The molecule has 0 fully saturated rings. The summed E-state index contributed by atoms with van der Waals surface area (Å²) in [5, 5.41) is 8.96. The zero-order valence-electron chi connectivity index (χ0n) is 13.8. The molecule has 2 rings (SSSR count). The number of aromatic carboxylic acids is 1. The van der Waals surface area contributed by atoms with Crippen LogP contribution in [-0.2, 0) is 6.42 Å². The first-order valence-corrected chi connectivity index (χ1v) is 7.83. The predicted molar refractivity (Wildman–Crippen MR) is 90.8 cm³/mol. The molecule has 0 bridgehead atoms. The first kappa shape index (κ1) is 16.3. The van der Waals surface area contributed by atoms with Crippen LogP contribution in [0.15, 0.2) is 42.5 Å². The van der Waals surface area contributed by atoms with Gasteiger partial charge in [0.2, 0.25) is 0 Å². The van der Waals surface area contributed by atoms with Crippen LogP contribution >= 0.6 is 0 Å². The van der Waals surface area contributed by atoms with Crippen molar-refractivity contribution in [3.05, 3.63) is 70.3 Å². The van der Waals surface area contributed by atoms with E-state index in [9.17, 15) is 4.79 Å². The molecule has 0 aliphatic rings. The van der Waals surface area contributed by atoms with E-state index < -0.39 is 5.97 Å². The van der Waals surface area contributed by atoms with Crippen molar-refractivity contribution < 1.29 is 9.90 Å². The maximum atomic E-state index is 10.9. The van der Waals surface area contributed by atoms with E-state index in [0.29, 0.717) is 17.4 Å². The molecule has 2 nitrogen and oxygen atoms in total. The van der Waals surface area contributed by atoms with Crippen LogP contribution in [0.25, 0.3) is 0 Å². The first-order chi connectivity index (χ1) is 10.4. The van der Waals surface area contributed by atoms with Gasteiger partial charge in [-0.05, 0) is 52.6 Å². The Labute approximate surface area is 132 Å². The molecule has 2 aromatic rings. The van der Waals surface area contributed by atoms with E-state index in [1.165, 1.54) is 16.7 Å². The Morgan fingerprint density at radius 2 is 1.36 bits per heavy atom. The molecular weight excluding hydrogens is 272 g/mol. The lowest BCUT2D eigenvalue weighted by Gasteiger charge is -2.14. The number of rotatable bonds is 5. The minimum absolute atomic E-state index is 0.336. The summed E-state index contributed by atoms with van der Waals surface area (Å²) < 4.78 is 0. The van der Waals surface area contributed by atoms with Gasteiger partial charge >= 0.3 is 5.97 Å². The van der Waals surface area contributed by atoms with Gasteiger partial charge in [-0.15, -0.1) is 0 Å². The van der Waals surface area contributed by atoms with Crippen LogP contribution in [0.4, 0.5) is 0 Å². The Balaban J connectivity index is 2.29. The van der Waals surface area contributed by atoms with Crippen LogP contribution in [0.2, 0.25) is 0 Å². The number of carboxylic acid groups (broad SMARTS) is 1. The van der Waals surface area contributed by atoms with Crippen molar-refractivity contribution in [3.63, 3.8) is 0 Å². The maximum absolute atomic E-state index is 10.9. The quantitative estimate of drug-likeness (QED) is 0.821. The number of hydrogen-bond acceptors (Lipinski definition) is 1. The summed E-state index contributed by atoms with van der Waals surface area (Å²) >= 11 is 0. The molecule has 0 heterocycles. The number of carboxylic acids is 1. The Bertz CT molecular complexity index is 626. The van der Waals surface area contributed by atoms with Crippen LogP contribution in [0.5, 0.6) is 0 Å². The van der Waals surface area contributed by atoms with Gasteiger partial charge in [0.15, 0.2) is 0 Å². The Morgan fingerprint density at radius 3 is 1.77 bits per heavy atom. The minimum Gasteiger partial charge on any atom is -0.478 e. The van der Waals surface area contributed by atoms with E-state index in [-0.39, 0.29) is 0 Å². The molecule has 0 aliphatic carbocycles. The van der Waals surface area contributed by atoms with Gasteiger partial charge in [0, 0.05) is 0 Å². The molecule has 0 spiro atoms. The van der Waals surface area contributed by atoms with E-state index in [0.717, 1.165) is 12.0 Å². The summed E-state index contributed by atoms with van der Waals surface area (Å²) in [6.07, 6.45) is 0.834. The summed E-state index contributed by atoms with van der Waals surface area (Å²) in [7, 11) is 0. The van der Waals surface area contributed by atoms with Crippen molar-refractivity contribution in [3.8, 4) is 0 Å². The van der Waals surface area contributed by atoms with Gasteiger partial charge in [-0.1, -0.05) is 58.0 Å². The molecule has 0 aromatic heterocycles. The van der Waals surface area contributed by atoms with Crippen molar-refractivity contribution in [1.29, 1.82) is 0 Å². The minimum atomic E-state index is -0.879. The lowest BCUT2D eigenvalue weighted by Crippen LogP contribution is -1.99. The largest absolute Gasteiger partial charge is 0.478 e. The SMILES string of the molecule is CC(C)c1cc(Cc2ccc(C(=O)O)cc2)cc(C(C)C)c1. The van der Waals surface area contributed by atoms with E-state index in [2.05, 4.69) is 45.9 Å². The van der Waals surface area contributed by atoms with Crippen molar-refractivity contribution >= 4 is 5.97 Å². The first-order valence-electron chi connectivity index (χ1n) is 7.83. The fourth-order valence-corrected chi connectivity index (χ4v) is 2.52. The summed E-state index contributed by atoms with van der Waals surface area (Å²) in [6.45, 7) is 8.85. The lowest BCUT2D eigenvalue weighted by atomic mass is 9.91. The standard InChI is InChI=1S/C20H24O2/c1-13(2)18-10-16(11-19(12-18)14(3)4)9-15-5-7-17(8-6-15)20(21)22/h5-8,10-14H,9H2,1-4H3,(H,21,22). The third-order valence-corrected chi connectivity index (χ3v) is 3.98. The van der Waals surface area contributed by atoms with Crippen LogP contribution in [0, 0.1) is 0 Å². The highest BCUT2D eigenvalue weighted by Gasteiger charge is 2.08. The summed E-state index contributed by atoms with van der Waals surface area (Å²) in [4.78, 5) is 10.9. The molecule has 0 aliphatic heterocycles. The van der Waals surface area contributed by atoms with Gasteiger partial charge in [0.1, 0.15) is 0 Å². The molecule has 0 atom stereocenters. The molecule has 0 amide bonds. The van der Waals surface area contributed by atoms with Gasteiger partial charge in [0.25, 0.3) is 0 Å². The van der Waals surface area contributed by atoms with Crippen LogP contribution < -0.4 is 0 Å². The van der Waals surface area contributed by atoms with Crippen molar-refractivity contribution in [2.45, 2.75) is 46.0 Å². The van der Waals surface area contributed by atoms with Gasteiger partial charge in [-0.25, -0.2) is 4.79 Å². The Hall–Kier alpha value is -2.09. The molecule has 116 valence electrons. The molecule has 1 N–H and O–H groups in total. The third-order valence-electron chi connectivity index (χ3n) is 3.98. The number of hydrogen-bond donors (Lipinski definition) is 1. The van der Waals surface area contributed by atoms with E-state index in [1.54, 1.807) is 12.1 Å². The summed E-state index contributed by atoms with van der Waals surface area (Å²) in [5.74, 6) is 0.133. The number of benzene rings is 2. The molecule has 0 radical (unpaired) electrons. The molecule has 0 saturated carbocycles. The van der Waals surface area contributed by atoms with Gasteiger partial charge < -0.3 is 5.11 Å². The van der Waals surface area contributed by atoms with E-state index >= 15 is 0 Å². The van der Waals surface area contributed by atoms with Gasteiger partial charge in [-0.3, -0.25) is 0 Å². The fraction of sp³-hybridized carbons (Fsp3) is 0.350. The van der Waals surface area contributed by atoms with E-state index in [1.807, 2.05) is 12.1 Å². The second kappa shape index (κ2) is 6.78. The van der Waals surface area contributed by atoms with Crippen molar-refractivity contribution in [1.82, 2.24) is 0 Å². The van der Waals surface area contributed by atoms with E-state index in [4.69, 9.17) is 5.11 Å². The zero-order valence-corrected chi connectivity index (χ0v) is 13.8. The Morgan fingerprint density at radius 1 is 0.864 bits per heavy atom. The molecular formula is C20H24O2. The maximum Gasteiger partial charge on any atom is 0.335 e. The van der Waals surface area contributed by atoms with Gasteiger partial charge in [0.05, 0.1) is 5.56 Å². The molecule has 2 heteroatoms. The smallest absolute Gasteiger partial charge is 0.335 e. The summed E-state index contributed by atoms with van der Waals surface area (Å²) in [6, 6.07) is 14.0. The average molecular weight is 296 g/mol. The fourth-order valence-electron chi connectivity index (χ4n) is 2.52. The molecule has 22 heavy (non-hydrogen) atoms. The van der Waals surface area contributed by atoms with Gasteiger partial charge in [-0.2, -0.15) is 0 Å². The normalized spacial score (nSPS) is 11.2. The predicted octanol–water partition coefficient (Wildman–Crippen LogP) is 5.22. The van der Waals surface area contributed by atoms with Crippen LogP contribution in [0.3, 0.4) is 0 Å². The second-order valence-corrected chi connectivity index (χ2v) is 6.50. The third kappa shape index (κ3) is 3.97. The molecule has 0 saturated heterocycles. The molecule has 2 aromatic carbocycles. The highest BCUT2D eigenvalue weighted by atomic mass is 16.4. The highest BCUT2D eigenvalue weighted by Crippen LogP contribution is 2.25. The van der Waals surface area contributed by atoms with Crippen LogP contribution in [0.1, 0.15) is 72.1 Å². The highest BCUT2D eigenvalue weighted by molar-refractivity contribution is 5.87. The topological polar surface area (TPSA) is 37.3 Å². The molecule has 0 unspecified atom stereocenters. The van der Waals surface area contributed by atoms with Crippen LogP contribution in [-0.4, -0.2) is 11.1 Å². The second-order valence-electron chi connectivity index (χ2n) is 6.50. The summed E-state index contributed by atoms with van der Waals surface area (Å²) in [5.41, 5.74) is 5.49. The lowest BCUT2D eigenvalue weighted by molar-refractivity contribution is 0.0697. The monoisotopic (exact) mass is 296 g/mol. The Kier molecular flexibility index (Phi) is 5.02.